The van der Waals surface area contributed by atoms with E-state index in [1.54, 1.807) is 0 Å². The lowest BCUT2D eigenvalue weighted by molar-refractivity contribution is 0.774. The molecule has 2 rings (SSSR count). The molecule has 0 unspecified atom stereocenters. The molecule has 1 saturated carbocycles. The summed E-state index contributed by atoms with van der Waals surface area (Å²) in [5.41, 5.74) is 5.58. The second kappa shape index (κ2) is 6.50. The Hall–Kier alpha value is -1.65. The number of aromatic amines is 1. The van der Waals surface area contributed by atoms with E-state index in [-0.39, 0.29) is 5.56 Å². The molecule has 0 atom stereocenters. The maximum Gasteiger partial charge on any atom is 0.255 e. The number of hydrazone groups is 1. The van der Waals surface area contributed by atoms with Crippen molar-refractivity contribution in [3.63, 3.8) is 0 Å². The third-order valence-corrected chi connectivity index (χ3v) is 3.50. The van der Waals surface area contributed by atoms with Crippen molar-refractivity contribution < 1.29 is 0 Å². The van der Waals surface area contributed by atoms with Gasteiger partial charge < -0.3 is 0 Å². The highest BCUT2D eigenvalue weighted by atomic mass is 16.1. The van der Waals surface area contributed by atoms with Crippen LogP contribution in [0.4, 0.5) is 5.95 Å². The second-order valence-corrected chi connectivity index (χ2v) is 5.08. The highest BCUT2D eigenvalue weighted by Gasteiger charge is 2.09. The maximum absolute atomic E-state index is 12.0. The zero-order valence-corrected chi connectivity index (χ0v) is 11.8. The standard InChI is InChI=1S/C14H22N4O/c1-3-4-9-12-10(2)15-14(16-13(12)19)18-17-11-7-5-6-8-11/h3-9H2,1-2H3,(H2,15,16,18,19). The minimum absolute atomic E-state index is 0.0462. The number of hydrogen-bond donors (Lipinski definition) is 2. The summed E-state index contributed by atoms with van der Waals surface area (Å²) >= 11 is 0. The molecule has 1 aliphatic carbocycles. The Morgan fingerprint density at radius 1 is 1.37 bits per heavy atom. The molecule has 104 valence electrons. The van der Waals surface area contributed by atoms with Crippen LogP contribution in [0.25, 0.3) is 0 Å². The van der Waals surface area contributed by atoms with E-state index in [2.05, 4.69) is 27.4 Å². The van der Waals surface area contributed by atoms with E-state index in [0.717, 1.165) is 49.1 Å². The average Bonchev–Trinajstić information content (AvgIpc) is 2.88. The summed E-state index contributed by atoms with van der Waals surface area (Å²) in [5, 5.41) is 4.30. The fourth-order valence-electron chi connectivity index (χ4n) is 2.34. The molecule has 2 N–H and O–H groups in total. The number of H-pyrrole nitrogens is 1. The molecule has 1 aromatic rings. The van der Waals surface area contributed by atoms with Gasteiger partial charge in [0.2, 0.25) is 5.95 Å². The minimum Gasteiger partial charge on any atom is -0.291 e. The summed E-state index contributed by atoms with van der Waals surface area (Å²) in [6, 6.07) is 0. The molecule has 0 saturated heterocycles. The zero-order chi connectivity index (χ0) is 13.7. The van der Waals surface area contributed by atoms with Crippen molar-refractivity contribution in [3.05, 3.63) is 21.6 Å². The quantitative estimate of drug-likeness (QED) is 0.802. The van der Waals surface area contributed by atoms with Gasteiger partial charge in [0.25, 0.3) is 5.56 Å². The Morgan fingerprint density at radius 2 is 2.11 bits per heavy atom. The van der Waals surface area contributed by atoms with Crippen molar-refractivity contribution in [2.45, 2.75) is 58.8 Å². The smallest absolute Gasteiger partial charge is 0.255 e. The first-order valence-electron chi connectivity index (χ1n) is 7.12. The largest absolute Gasteiger partial charge is 0.291 e. The van der Waals surface area contributed by atoms with Crippen LogP contribution in [0.2, 0.25) is 0 Å². The molecule has 1 aromatic heterocycles. The van der Waals surface area contributed by atoms with Gasteiger partial charge in [-0.25, -0.2) is 10.4 Å². The fourth-order valence-corrected chi connectivity index (χ4v) is 2.34. The SMILES string of the molecule is CCCCc1c(C)nc(NN=C2CCCC2)[nH]c1=O. The molecule has 0 aromatic carbocycles. The average molecular weight is 262 g/mol. The van der Waals surface area contributed by atoms with E-state index >= 15 is 0 Å². The van der Waals surface area contributed by atoms with Gasteiger partial charge in [-0.1, -0.05) is 13.3 Å². The van der Waals surface area contributed by atoms with E-state index < -0.39 is 0 Å². The van der Waals surface area contributed by atoms with Crippen molar-refractivity contribution in [1.82, 2.24) is 9.97 Å². The lowest BCUT2D eigenvalue weighted by Gasteiger charge is -2.06. The Kier molecular flexibility index (Phi) is 4.71. The summed E-state index contributed by atoms with van der Waals surface area (Å²) in [6.45, 7) is 4.00. The molecule has 0 radical (unpaired) electrons. The first-order chi connectivity index (χ1) is 9.20. The van der Waals surface area contributed by atoms with Crippen LogP contribution in [0.1, 0.15) is 56.7 Å². The van der Waals surface area contributed by atoms with E-state index in [9.17, 15) is 4.79 Å². The van der Waals surface area contributed by atoms with Gasteiger partial charge in [0.15, 0.2) is 0 Å². The van der Waals surface area contributed by atoms with Crippen molar-refractivity contribution in [2.75, 3.05) is 5.43 Å². The molecule has 1 aliphatic rings. The van der Waals surface area contributed by atoms with Crippen LogP contribution in [0.3, 0.4) is 0 Å². The number of aryl methyl sites for hydroxylation is 1. The molecule has 19 heavy (non-hydrogen) atoms. The molecule has 5 heteroatoms. The van der Waals surface area contributed by atoms with E-state index in [0.29, 0.717) is 5.95 Å². The highest BCUT2D eigenvalue weighted by molar-refractivity contribution is 5.86. The molecule has 0 bridgehead atoms. The van der Waals surface area contributed by atoms with E-state index in [1.165, 1.54) is 12.8 Å². The van der Waals surface area contributed by atoms with Crippen LogP contribution in [0.5, 0.6) is 0 Å². The highest BCUT2D eigenvalue weighted by Crippen LogP contribution is 2.14. The summed E-state index contributed by atoms with van der Waals surface area (Å²) in [4.78, 5) is 19.1. The Bertz CT molecular complexity index is 511. The number of anilines is 1. The van der Waals surface area contributed by atoms with Crippen molar-refractivity contribution in [3.8, 4) is 0 Å². The predicted molar refractivity (Wildman–Crippen MR) is 77.7 cm³/mol. The Labute approximate surface area is 113 Å². The van der Waals surface area contributed by atoms with Crippen molar-refractivity contribution in [1.29, 1.82) is 0 Å². The fraction of sp³-hybridized carbons (Fsp3) is 0.643. The number of rotatable bonds is 5. The number of nitrogens with zero attached hydrogens (tertiary/aromatic N) is 2. The van der Waals surface area contributed by atoms with Crippen LogP contribution in [-0.2, 0) is 6.42 Å². The van der Waals surface area contributed by atoms with Crippen LogP contribution in [-0.4, -0.2) is 15.7 Å². The van der Waals surface area contributed by atoms with Gasteiger partial charge >= 0.3 is 0 Å². The third-order valence-electron chi connectivity index (χ3n) is 3.50. The lowest BCUT2D eigenvalue weighted by atomic mass is 10.1. The molecule has 5 nitrogen and oxygen atoms in total. The minimum atomic E-state index is -0.0462. The van der Waals surface area contributed by atoms with Gasteiger partial charge in [-0.3, -0.25) is 9.78 Å². The topological polar surface area (TPSA) is 70.1 Å². The van der Waals surface area contributed by atoms with Gasteiger partial charge in [0.1, 0.15) is 0 Å². The summed E-state index contributed by atoms with van der Waals surface area (Å²) in [5.74, 6) is 0.446. The van der Waals surface area contributed by atoms with Gasteiger partial charge in [0, 0.05) is 17.0 Å². The summed E-state index contributed by atoms with van der Waals surface area (Å²) in [7, 11) is 0. The van der Waals surface area contributed by atoms with Crippen LogP contribution in [0.15, 0.2) is 9.90 Å². The van der Waals surface area contributed by atoms with Gasteiger partial charge in [-0.05, 0) is 45.4 Å². The predicted octanol–water partition coefficient (Wildman–Crippen LogP) is 2.76. The monoisotopic (exact) mass is 262 g/mol. The second-order valence-electron chi connectivity index (χ2n) is 5.08. The lowest BCUT2D eigenvalue weighted by Crippen LogP contribution is -2.18. The molecule has 0 amide bonds. The number of unbranched alkanes of at least 4 members (excludes halogenated alkanes) is 1. The molecular weight excluding hydrogens is 240 g/mol. The van der Waals surface area contributed by atoms with Crippen LogP contribution in [0, 0.1) is 6.92 Å². The molecule has 0 spiro atoms. The molecule has 0 aliphatic heterocycles. The Morgan fingerprint density at radius 3 is 2.74 bits per heavy atom. The van der Waals surface area contributed by atoms with Gasteiger partial charge in [-0.2, -0.15) is 5.10 Å². The number of aromatic nitrogens is 2. The van der Waals surface area contributed by atoms with Gasteiger partial charge in [0.05, 0.1) is 0 Å². The van der Waals surface area contributed by atoms with Gasteiger partial charge in [-0.15, -0.1) is 0 Å². The summed E-state index contributed by atoms with van der Waals surface area (Å²) < 4.78 is 0. The molecule has 1 heterocycles. The first-order valence-corrected chi connectivity index (χ1v) is 7.12. The van der Waals surface area contributed by atoms with Crippen LogP contribution < -0.4 is 11.0 Å². The maximum atomic E-state index is 12.0. The van der Waals surface area contributed by atoms with E-state index in [4.69, 9.17) is 0 Å². The normalized spacial score (nSPS) is 14.7. The Balaban J connectivity index is 2.10. The first kappa shape index (κ1) is 13.8. The number of nitrogens with one attached hydrogen (secondary N) is 2. The third kappa shape index (κ3) is 3.66. The van der Waals surface area contributed by atoms with E-state index in [1.807, 2.05) is 6.92 Å². The van der Waals surface area contributed by atoms with Crippen molar-refractivity contribution >= 4 is 11.7 Å². The number of hydrogen-bond acceptors (Lipinski definition) is 4. The molecular formula is C14H22N4O. The molecule has 1 fully saturated rings. The summed E-state index contributed by atoms with van der Waals surface area (Å²) in [6.07, 6.45) is 7.39. The zero-order valence-electron chi connectivity index (χ0n) is 11.8. The van der Waals surface area contributed by atoms with Crippen molar-refractivity contribution in [2.24, 2.45) is 5.10 Å². The van der Waals surface area contributed by atoms with Crippen LogP contribution >= 0.6 is 0 Å².